The van der Waals surface area contributed by atoms with Crippen LogP contribution in [0.4, 0.5) is 4.39 Å². The summed E-state index contributed by atoms with van der Waals surface area (Å²) in [6, 6.07) is 9.51. The number of rotatable bonds is 3. The number of benzene rings is 2. The molecule has 2 aromatic carbocycles. The minimum absolute atomic E-state index is 0.322. The van der Waals surface area contributed by atoms with Crippen molar-refractivity contribution in [2.24, 2.45) is 0 Å². The summed E-state index contributed by atoms with van der Waals surface area (Å²) in [5.41, 5.74) is 0.452. The van der Waals surface area contributed by atoms with E-state index in [0.29, 0.717) is 32.4 Å². The van der Waals surface area contributed by atoms with E-state index in [0.717, 1.165) is 0 Å². The van der Waals surface area contributed by atoms with E-state index in [9.17, 15) is 4.39 Å². The van der Waals surface area contributed by atoms with Crippen molar-refractivity contribution in [2.45, 2.75) is 5.33 Å². The minimum atomic E-state index is -0.322. The number of hydrogen-bond acceptors (Lipinski definition) is 1. The second kappa shape index (κ2) is 5.91. The number of alkyl halides is 1. The quantitative estimate of drug-likeness (QED) is 0.634. The monoisotopic (exact) mass is 348 g/mol. The molecule has 0 fully saturated rings. The first-order chi connectivity index (χ1) is 8.60. The molecule has 0 saturated carbocycles. The van der Waals surface area contributed by atoms with Gasteiger partial charge in [0.05, 0.1) is 0 Å². The molecule has 5 heteroatoms. The van der Waals surface area contributed by atoms with Crippen molar-refractivity contribution in [2.75, 3.05) is 0 Å². The van der Waals surface area contributed by atoms with Crippen LogP contribution in [-0.2, 0) is 5.33 Å². The molecule has 0 spiro atoms. The molecule has 2 aromatic rings. The topological polar surface area (TPSA) is 9.23 Å². The fourth-order valence-electron chi connectivity index (χ4n) is 1.48. The van der Waals surface area contributed by atoms with Gasteiger partial charge in [0.2, 0.25) is 0 Å². The molecule has 18 heavy (non-hydrogen) atoms. The number of halogens is 4. The second-order valence-electron chi connectivity index (χ2n) is 3.56. The van der Waals surface area contributed by atoms with Gasteiger partial charge < -0.3 is 4.74 Å². The normalized spacial score (nSPS) is 10.4. The Morgan fingerprint density at radius 1 is 1.11 bits per heavy atom. The molecule has 2 rings (SSSR count). The van der Waals surface area contributed by atoms with E-state index in [4.69, 9.17) is 27.9 Å². The van der Waals surface area contributed by atoms with Gasteiger partial charge in [-0.1, -0.05) is 45.2 Å². The van der Waals surface area contributed by atoms with Gasteiger partial charge in [-0.25, -0.2) is 4.39 Å². The maximum absolute atomic E-state index is 13.5. The highest BCUT2D eigenvalue weighted by Gasteiger charge is 2.09. The highest BCUT2D eigenvalue weighted by Crippen LogP contribution is 2.32. The van der Waals surface area contributed by atoms with Crippen LogP contribution in [-0.4, -0.2) is 0 Å². The Labute approximate surface area is 123 Å². The van der Waals surface area contributed by atoms with E-state index in [1.54, 1.807) is 30.3 Å². The van der Waals surface area contributed by atoms with Gasteiger partial charge in [0.1, 0.15) is 17.3 Å². The van der Waals surface area contributed by atoms with Crippen LogP contribution < -0.4 is 4.74 Å². The van der Waals surface area contributed by atoms with Crippen molar-refractivity contribution in [1.82, 2.24) is 0 Å². The predicted molar refractivity (Wildman–Crippen MR) is 75.6 cm³/mol. The van der Waals surface area contributed by atoms with Gasteiger partial charge >= 0.3 is 0 Å². The van der Waals surface area contributed by atoms with Crippen molar-refractivity contribution in [3.63, 3.8) is 0 Å². The molecular weight excluding hydrogens is 342 g/mol. The molecule has 0 radical (unpaired) electrons. The van der Waals surface area contributed by atoms with Crippen LogP contribution in [0.1, 0.15) is 5.56 Å². The maximum Gasteiger partial charge on any atom is 0.134 e. The third-order valence-corrected chi connectivity index (χ3v) is 3.27. The molecule has 1 nitrogen and oxygen atoms in total. The lowest BCUT2D eigenvalue weighted by Crippen LogP contribution is -1.93. The van der Waals surface area contributed by atoms with Gasteiger partial charge in [0, 0.05) is 20.9 Å². The molecule has 0 aliphatic rings. The zero-order valence-electron chi connectivity index (χ0n) is 9.09. The molecule has 0 atom stereocenters. The smallest absolute Gasteiger partial charge is 0.134 e. The standard InChI is InChI=1S/C13H8BrCl2FO/c14-7-11-12(17)2-1-3-13(11)18-10-5-8(15)4-9(16)6-10/h1-6H,7H2. The van der Waals surface area contributed by atoms with E-state index in [-0.39, 0.29) is 5.82 Å². The Balaban J connectivity index is 2.36. The first-order valence-electron chi connectivity index (χ1n) is 5.07. The summed E-state index contributed by atoms with van der Waals surface area (Å²) in [7, 11) is 0. The van der Waals surface area contributed by atoms with Crippen molar-refractivity contribution in [3.8, 4) is 11.5 Å². The van der Waals surface area contributed by atoms with E-state index in [2.05, 4.69) is 15.9 Å². The molecule has 0 saturated heterocycles. The Morgan fingerprint density at radius 3 is 2.39 bits per heavy atom. The molecule has 0 unspecified atom stereocenters. The van der Waals surface area contributed by atoms with E-state index in [1.165, 1.54) is 6.07 Å². The van der Waals surface area contributed by atoms with E-state index >= 15 is 0 Å². The third kappa shape index (κ3) is 3.16. The van der Waals surface area contributed by atoms with Crippen LogP contribution >= 0.6 is 39.1 Å². The Kier molecular flexibility index (Phi) is 4.49. The lowest BCUT2D eigenvalue weighted by atomic mass is 10.2. The molecule has 0 amide bonds. The molecule has 0 heterocycles. The zero-order valence-corrected chi connectivity index (χ0v) is 12.2. The Morgan fingerprint density at radius 2 is 1.78 bits per heavy atom. The van der Waals surface area contributed by atoms with Crippen molar-refractivity contribution in [1.29, 1.82) is 0 Å². The fourth-order valence-corrected chi connectivity index (χ4v) is 2.53. The molecular formula is C13H8BrCl2FO. The summed E-state index contributed by atoms with van der Waals surface area (Å²) in [5.74, 6) is 0.586. The van der Waals surface area contributed by atoms with Gasteiger partial charge in [0.15, 0.2) is 0 Å². The minimum Gasteiger partial charge on any atom is -0.457 e. The van der Waals surface area contributed by atoms with Crippen LogP contribution in [0.25, 0.3) is 0 Å². The summed E-state index contributed by atoms with van der Waals surface area (Å²) < 4.78 is 19.2. The highest BCUT2D eigenvalue weighted by molar-refractivity contribution is 9.08. The van der Waals surface area contributed by atoms with Crippen LogP contribution in [0.15, 0.2) is 36.4 Å². The fraction of sp³-hybridized carbons (Fsp3) is 0.0769. The van der Waals surface area contributed by atoms with Crippen LogP contribution in [0, 0.1) is 5.82 Å². The van der Waals surface area contributed by atoms with Crippen molar-refractivity contribution in [3.05, 3.63) is 57.8 Å². The van der Waals surface area contributed by atoms with Gasteiger partial charge in [-0.3, -0.25) is 0 Å². The summed E-state index contributed by atoms with van der Waals surface area (Å²) in [6.07, 6.45) is 0. The molecule has 0 aromatic heterocycles. The average molecular weight is 350 g/mol. The van der Waals surface area contributed by atoms with Gasteiger partial charge in [-0.05, 0) is 30.3 Å². The van der Waals surface area contributed by atoms with Crippen LogP contribution in [0.3, 0.4) is 0 Å². The third-order valence-electron chi connectivity index (χ3n) is 2.27. The summed E-state index contributed by atoms with van der Waals surface area (Å²) >= 11 is 15.0. The zero-order chi connectivity index (χ0) is 13.1. The SMILES string of the molecule is Fc1cccc(Oc2cc(Cl)cc(Cl)c2)c1CBr. The lowest BCUT2D eigenvalue weighted by Gasteiger charge is -2.10. The summed E-state index contributed by atoms with van der Waals surface area (Å²) in [6.45, 7) is 0. The molecule has 0 bridgehead atoms. The van der Waals surface area contributed by atoms with Crippen molar-refractivity contribution >= 4 is 39.1 Å². The van der Waals surface area contributed by atoms with Crippen LogP contribution in [0.5, 0.6) is 11.5 Å². The largest absolute Gasteiger partial charge is 0.457 e. The van der Waals surface area contributed by atoms with E-state index in [1.807, 2.05) is 0 Å². The van der Waals surface area contributed by atoms with E-state index < -0.39 is 0 Å². The van der Waals surface area contributed by atoms with Gasteiger partial charge in [0.25, 0.3) is 0 Å². The second-order valence-corrected chi connectivity index (χ2v) is 4.99. The molecule has 0 aliphatic heterocycles. The van der Waals surface area contributed by atoms with Gasteiger partial charge in [-0.15, -0.1) is 0 Å². The Hall–Kier alpha value is -0.770. The summed E-state index contributed by atoms with van der Waals surface area (Å²) in [5, 5.41) is 1.30. The first kappa shape index (κ1) is 13.7. The predicted octanol–water partition coefficient (Wildman–Crippen LogP) is 5.82. The Bertz CT molecular complexity index is 555. The average Bonchev–Trinajstić information content (AvgIpc) is 2.27. The van der Waals surface area contributed by atoms with Crippen LogP contribution in [0.2, 0.25) is 10.0 Å². The van der Waals surface area contributed by atoms with Crippen molar-refractivity contribution < 1.29 is 9.13 Å². The first-order valence-corrected chi connectivity index (χ1v) is 6.95. The number of hydrogen-bond donors (Lipinski definition) is 0. The number of ether oxygens (including phenoxy) is 1. The summed E-state index contributed by atoms with van der Waals surface area (Å²) in [4.78, 5) is 0. The molecule has 94 valence electrons. The lowest BCUT2D eigenvalue weighted by molar-refractivity contribution is 0.471. The van der Waals surface area contributed by atoms with Gasteiger partial charge in [-0.2, -0.15) is 0 Å². The highest BCUT2D eigenvalue weighted by atomic mass is 79.9. The molecule has 0 N–H and O–H groups in total. The molecule has 0 aliphatic carbocycles. The maximum atomic E-state index is 13.5.